The third kappa shape index (κ3) is 3.47. The summed E-state index contributed by atoms with van der Waals surface area (Å²) in [6, 6.07) is 11.5. The Balaban J connectivity index is 1.64. The minimum atomic E-state index is -0.989. The zero-order valence-corrected chi connectivity index (χ0v) is 15.4. The van der Waals surface area contributed by atoms with Crippen molar-refractivity contribution in [1.82, 2.24) is 15.0 Å². The van der Waals surface area contributed by atoms with Gasteiger partial charge in [0.05, 0.1) is 11.1 Å². The molecule has 7 heteroatoms. The van der Waals surface area contributed by atoms with E-state index in [0.29, 0.717) is 35.1 Å². The highest BCUT2D eigenvalue weighted by Gasteiger charge is 2.23. The van der Waals surface area contributed by atoms with Gasteiger partial charge in [0.1, 0.15) is 17.2 Å². The second kappa shape index (κ2) is 6.77. The summed E-state index contributed by atoms with van der Waals surface area (Å²) in [5, 5.41) is 14.3. The molecule has 1 fully saturated rings. The average molecular weight is 388 g/mol. The molecule has 0 saturated heterocycles. The van der Waals surface area contributed by atoms with Crippen LogP contribution in [0.2, 0.25) is 0 Å². The van der Waals surface area contributed by atoms with Crippen molar-refractivity contribution < 1.29 is 14.3 Å². The lowest BCUT2D eigenvalue weighted by atomic mass is 10.1. The zero-order valence-electron chi connectivity index (χ0n) is 15.4. The largest absolute Gasteiger partial charge is 0.478 e. The molecule has 0 aliphatic heterocycles. The molecule has 1 saturated carbocycles. The fraction of sp³-hybridized carbons (Fsp3) is 0.182. The number of aromatic nitrogens is 3. The Morgan fingerprint density at radius 3 is 2.62 bits per heavy atom. The van der Waals surface area contributed by atoms with Crippen molar-refractivity contribution in [3.63, 3.8) is 0 Å². The third-order valence-corrected chi connectivity index (χ3v) is 5.02. The summed E-state index contributed by atoms with van der Waals surface area (Å²) in [5.74, 6) is -0.0107. The number of fused-ring (bicyclic) bond motifs is 3. The fourth-order valence-corrected chi connectivity index (χ4v) is 3.35. The first-order valence-electron chi connectivity index (χ1n) is 9.40. The van der Waals surface area contributed by atoms with Crippen LogP contribution in [0.25, 0.3) is 21.8 Å². The Morgan fingerprint density at radius 1 is 1.10 bits per heavy atom. The van der Waals surface area contributed by atoms with E-state index in [0.717, 1.165) is 29.2 Å². The predicted molar refractivity (Wildman–Crippen MR) is 108 cm³/mol. The lowest BCUT2D eigenvalue weighted by molar-refractivity contribution is 0.0697. The topological polar surface area (TPSA) is 88.0 Å². The van der Waals surface area contributed by atoms with Crippen LogP contribution >= 0.6 is 0 Å². The Morgan fingerprint density at radius 2 is 1.90 bits per heavy atom. The number of aromatic carboxylic acids is 1. The molecule has 0 atom stereocenters. The summed E-state index contributed by atoms with van der Waals surface area (Å²) in [4.78, 5) is 25.2. The fourth-order valence-electron chi connectivity index (χ4n) is 3.35. The minimum absolute atomic E-state index is 0.190. The van der Waals surface area contributed by atoms with Gasteiger partial charge in [-0.25, -0.2) is 24.1 Å². The first kappa shape index (κ1) is 17.5. The second-order valence-electron chi connectivity index (χ2n) is 7.27. The van der Waals surface area contributed by atoms with Crippen LogP contribution in [-0.4, -0.2) is 32.1 Å². The van der Waals surface area contributed by atoms with Crippen molar-refractivity contribution in [3.05, 3.63) is 71.4 Å². The van der Waals surface area contributed by atoms with Crippen molar-refractivity contribution in [2.45, 2.75) is 25.3 Å². The quantitative estimate of drug-likeness (QED) is 0.499. The van der Waals surface area contributed by atoms with Gasteiger partial charge in [-0.1, -0.05) is 18.2 Å². The van der Waals surface area contributed by atoms with Crippen molar-refractivity contribution in [2.24, 2.45) is 0 Å². The van der Waals surface area contributed by atoms with E-state index in [9.17, 15) is 14.3 Å². The van der Waals surface area contributed by atoms with Crippen LogP contribution in [0.1, 0.15) is 34.6 Å². The van der Waals surface area contributed by atoms with Gasteiger partial charge in [0.2, 0.25) is 0 Å². The van der Waals surface area contributed by atoms with E-state index in [4.69, 9.17) is 4.98 Å². The van der Waals surface area contributed by atoms with Gasteiger partial charge in [0, 0.05) is 29.4 Å². The SMILES string of the molecule is O=C(O)c1ccc2c(c1)nc(NC1CC1)c1nc(Cc3ccc(F)cc3)ncc12. The Hall–Kier alpha value is -3.61. The lowest BCUT2D eigenvalue weighted by Crippen LogP contribution is -2.07. The molecule has 1 aliphatic carbocycles. The highest BCUT2D eigenvalue weighted by molar-refractivity contribution is 6.09. The van der Waals surface area contributed by atoms with Crippen LogP contribution in [0.3, 0.4) is 0 Å². The molecule has 6 nitrogen and oxygen atoms in total. The highest BCUT2D eigenvalue weighted by Crippen LogP contribution is 2.32. The molecule has 0 unspecified atom stereocenters. The standard InChI is InChI=1S/C22H17FN4O2/c23-14-4-1-12(2-5-14)9-19-24-11-17-16-8-3-13(22(28)29)10-18(16)26-21(20(17)27-19)25-15-6-7-15/h1-5,8,10-11,15H,6-7,9H2,(H,25,26)(H,28,29). The number of rotatable bonds is 5. The molecule has 2 heterocycles. The number of halogens is 1. The third-order valence-electron chi connectivity index (χ3n) is 5.02. The van der Waals surface area contributed by atoms with Crippen LogP contribution < -0.4 is 5.32 Å². The Kier molecular flexibility index (Phi) is 4.08. The maximum atomic E-state index is 13.2. The van der Waals surface area contributed by atoms with Gasteiger partial charge >= 0.3 is 5.97 Å². The summed E-state index contributed by atoms with van der Waals surface area (Å²) in [6.07, 6.45) is 4.38. The smallest absolute Gasteiger partial charge is 0.335 e. The van der Waals surface area contributed by atoms with Gasteiger partial charge in [-0.3, -0.25) is 0 Å². The van der Waals surface area contributed by atoms with Crippen molar-refractivity contribution in [1.29, 1.82) is 0 Å². The Labute approximate surface area is 165 Å². The number of nitrogens with one attached hydrogen (secondary N) is 1. The summed E-state index contributed by atoms with van der Waals surface area (Å²) in [7, 11) is 0. The van der Waals surface area contributed by atoms with Gasteiger partial charge in [-0.05, 0) is 42.7 Å². The highest BCUT2D eigenvalue weighted by atomic mass is 19.1. The van der Waals surface area contributed by atoms with Crippen LogP contribution in [0.5, 0.6) is 0 Å². The number of carboxylic acid groups (broad SMARTS) is 1. The molecule has 5 rings (SSSR count). The first-order chi connectivity index (χ1) is 14.1. The van der Waals surface area contributed by atoms with Gasteiger partial charge in [0.15, 0.2) is 5.82 Å². The summed E-state index contributed by atoms with van der Waals surface area (Å²) < 4.78 is 13.2. The van der Waals surface area contributed by atoms with Crippen molar-refractivity contribution in [3.8, 4) is 0 Å². The maximum Gasteiger partial charge on any atom is 0.335 e. The van der Waals surface area contributed by atoms with Crippen molar-refractivity contribution >= 4 is 33.6 Å². The molecule has 1 aliphatic rings. The number of hydrogen-bond donors (Lipinski definition) is 2. The van der Waals surface area contributed by atoms with Crippen molar-refractivity contribution in [2.75, 3.05) is 5.32 Å². The van der Waals surface area contributed by atoms with Crippen LogP contribution in [0, 0.1) is 5.82 Å². The van der Waals surface area contributed by atoms with Gasteiger partial charge in [0.25, 0.3) is 0 Å². The van der Waals surface area contributed by atoms with E-state index < -0.39 is 5.97 Å². The normalized spacial score (nSPS) is 13.7. The molecule has 0 radical (unpaired) electrons. The summed E-state index contributed by atoms with van der Waals surface area (Å²) >= 11 is 0. The number of nitrogens with zero attached hydrogens (tertiary/aromatic N) is 3. The molecular formula is C22H17FN4O2. The number of pyridine rings is 1. The molecule has 29 heavy (non-hydrogen) atoms. The van der Waals surface area contributed by atoms with E-state index in [1.165, 1.54) is 12.1 Å². The predicted octanol–water partition coefficient (Wildman–Crippen LogP) is 4.18. The number of carbonyl (C=O) groups is 1. The first-order valence-corrected chi connectivity index (χ1v) is 9.40. The van der Waals surface area contributed by atoms with Crippen LogP contribution in [0.15, 0.2) is 48.7 Å². The maximum absolute atomic E-state index is 13.2. The van der Waals surface area contributed by atoms with E-state index in [1.54, 1.807) is 36.5 Å². The Bertz CT molecular complexity index is 1250. The average Bonchev–Trinajstić information content (AvgIpc) is 3.53. The summed E-state index contributed by atoms with van der Waals surface area (Å²) in [6.45, 7) is 0. The van der Waals surface area contributed by atoms with E-state index in [1.807, 2.05) is 0 Å². The second-order valence-corrected chi connectivity index (χ2v) is 7.27. The van der Waals surface area contributed by atoms with Gasteiger partial charge in [-0.15, -0.1) is 0 Å². The van der Waals surface area contributed by atoms with Crippen LogP contribution in [-0.2, 0) is 6.42 Å². The number of hydrogen-bond acceptors (Lipinski definition) is 5. The van der Waals surface area contributed by atoms with Gasteiger partial charge < -0.3 is 10.4 Å². The molecule has 0 bridgehead atoms. The number of benzene rings is 2. The number of carboxylic acids is 1. The number of anilines is 1. The summed E-state index contributed by atoms with van der Waals surface area (Å²) in [5.41, 5.74) is 2.41. The molecule has 0 amide bonds. The van der Waals surface area contributed by atoms with Gasteiger partial charge in [-0.2, -0.15) is 0 Å². The molecule has 0 spiro atoms. The van der Waals surface area contributed by atoms with E-state index in [-0.39, 0.29) is 11.4 Å². The molecule has 2 aromatic carbocycles. The molecule has 2 aromatic heterocycles. The molecule has 144 valence electrons. The molecule has 2 N–H and O–H groups in total. The molecular weight excluding hydrogens is 371 g/mol. The molecule has 4 aromatic rings. The van der Waals surface area contributed by atoms with Crippen LogP contribution in [0.4, 0.5) is 10.2 Å². The monoisotopic (exact) mass is 388 g/mol. The van der Waals surface area contributed by atoms with E-state index in [2.05, 4.69) is 15.3 Å². The lowest BCUT2D eigenvalue weighted by Gasteiger charge is -2.12. The van der Waals surface area contributed by atoms with E-state index >= 15 is 0 Å². The zero-order chi connectivity index (χ0) is 20.0. The minimum Gasteiger partial charge on any atom is -0.478 e.